The molecule has 1 amide bonds. The summed E-state index contributed by atoms with van der Waals surface area (Å²) < 4.78 is 0.862. The van der Waals surface area contributed by atoms with Crippen LogP contribution in [0.3, 0.4) is 0 Å². The summed E-state index contributed by atoms with van der Waals surface area (Å²) in [6.45, 7) is 1.92. The predicted octanol–water partition coefficient (Wildman–Crippen LogP) is 2.66. The van der Waals surface area contributed by atoms with Gasteiger partial charge in [0.05, 0.1) is 5.56 Å². The zero-order valence-electron chi connectivity index (χ0n) is 10.7. The maximum atomic E-state index is 12.2. The van der Waals surface area contributed by atoms with Gasteiger partial charge in [0.2, 0.25) is 0 Å². The highest BCUT2D eigenvalue weighted by Gasteiger charge is 2.18. The first-order chi connectivity index (χ1) is 8.68. The number of amides is 1. The Morgan fingerprint density at radius 1 is 1.50 bits per heavy atom. The highest BCUT2D eigenvalue weighted by atomic mass is 79.9. The fourth-order valence-corrected chi connectivity index (χ4v) is 2.75. The molecule has 18 heavy (non-hydrogen) atoms. The molecule has 1 aliphatic rings. The summed E-state index contributed by atoms with van der Waals surface area (Å²) in [5.41, 5.74) is 0.736. The number of benzene rings is 1. The summed E-state index contributed by atoms with van der Waals surface area (Å²) >= 11 is 3.42. The molecule has 1 heterocycles. The molecule has 0 spiro atoms. The van der Waals surface area contributed by atoms with Gasteiger partial charge in [-0.15, -0.1) is 0 Å². The van der Waals surface area contributed by atoms with Crippen LogP contribution in [-0.4, -0.2) is 37.0 Å². The summed E-state index contributed by atoms with van der Waals surface area (Å²) in [7, 11) is 1.87. The third-order valence-corrected chi connectivity index (χ3v) is 4.12. The summed E-state index contributed by atoms with van der Waals surface area (Å²) in [5, 5.41) is 3.45. The largest absolute Gasteiger partial charge is 0.342 e. The highest BCUT2D eigenvalue weighted by molar-refractivity contribution is 9.10. The molecule has 98 valence electrons. The van der Waals surface area contributed by atoms with Crippen molar-refractivity contribution in [2.24, 2.45) is 0 Å². The van der Waals surface area contributed by atoms with Gasteiger partial charge in [-0.2, -0.15) is 0 Å². The minimum absolute atomic E-state index is 0.0838. The normalized spacial score (nSPS) is 18.9. The zero-order chi connectivity index (χ0) is 13.0. The number of nitrogens with zero attached hydrogens (tertiary/aromatic N) is 1. The maximum Gasteiger partial charge on any atom is 0.254 e. The molecule has 1 N–H and O–H groups in total. The lowest BCUT2D eigenvalue weighted by Crippen LogP contribution is -2.32. The van der Waals surface area contributed by atoms with Crippen LogP contribution in [0.5, 0.6) is 0 Å². The van der Waals surface area contributed by atoms with Crippen molar-refractivity contribution in [2.45, 2.75) is 25.3 Å². The van der Waals surface area contributed by atoms with Crippen LogP contribution in [-0.2, 0) is 0 Å². The number of hydrogen-bond donors (Lipinski definition) is 1. The molecule has 1 unspecified atom stereocenters. The van der Waals surface area contributed by atoms with Crippen LogP contribution in [0.4, 0.5) is 0 Å². The van der Waals surface area contributed by atoms with E-state index in [1.165, 1.54) is 12.8 Å². The zero-order valence-corrected chi connectivity index (χ0v) is 12.2. The molecule has 0 aliphatic carbocycles. The van der Waals surface area contributed by atoms with Crippen molar-refractivity contribution in [3.63, 3.8) is 0 Å². The van der Waals surface area contributed by atoms with E-state index in [1.807, 2.05) is 31.3 Å². The Labute approximate surface area is 117 Å². The van der Waals surface area contributed by atoms with Gasteiger partial charge >= 0.3 is 0 Å². The third kappa shape index (κ3) is 3.33. The van der Waals surface area contributed by atoms with E-state index in [-0.39, 0.29) is 5.91 Å². The molecular formula is C14H19BrN2O. The molecule has 0 saturated carbocycles. The minimum Gasteiger partial charge on any atom is -0.342 e. The molecule has 1 fully saturated rings. The van der Waals surface area contributed by atoms with Gasteiger partial charge in [0, 0.05) is 24.1 Å². The lowest BCUT2D eigenvalue weighted by atomic mass is 10.1. The first-order valence-electron chi connectivity index (χ1n) is 6.42. The number of halogens is 1. The van der Waals surface area contributed by atoms with Crippen LogP contribution in [0.25, 0.3) is 0 Å². The number of nitrogens with one attached hydrogen (secondary N) is 1. The van der Waals surface area contributed by atoms with E-state index < -0.39 is 0 Å². The van der Waals surface area contributed by atoms with Crippen molar-refractivity contribution >= 4 is 21.8 Å². The Morgan fingerprint density at radius 2 is 2.28 bits per heavy atom. The molecule has 0 bridgehead atoms. The summed E-state index contributed by atoms with van der Waals surface area (Å²) in [5.74, 6) is 0.0838. The Balaban J connectivity index is 1.90. The molecule has 4 heteroatoms. The van der Waals surface area contributed by atoms with Gasteiger partial charge in [0.15, 0.2) is 0 Å². The van der Waals surface area contributed by atoms with Crippen LogP contribution >= 0.6 is 15.9 Å². The minimum atomic E-state index is 0.0838. The smallest absolute Gasteiger partial charge is 0.254 e. The summed E-state index contributed by atoms with van der Waals surface area (Å²) in [6.07, 6.45) is 3.52. The lowest BCUT2D eigenvalue weighted by Gasteiger charge is -2.20. The number of carbonyl (C=O) groups excluding carboxylic acids is 1. The van der Waals surface area contributed by atoms with E-state index in [9.17, 15) is 4.79 Å². The fraction of sp³-hybridized carbons (Fsp3) is 0.500. The van der Waals surface area contributed by atoms with Crippen molar-refractivity contribution in [3.05, 3.63) is 34.3 Å². The van der Waals surface area contributed by atoms with Gasteiger partial charge < -0.3 is 10.2 Å². The molecule has 0 aromatic heterocycles. The maximum absolute atomic E-state index is 12.2. The summed E-state index contributed by atoms with van der Waals surface area (Å²) in [4.78, 5) is 14.1. The predicted molar refractivity (Wildman–Crippen MR) is 76.7 cm³/mol. The van der Waals surface area contributed by atoms with Gasteiger partial charge in [-0.05, 0) is 53.9 Å². The first kappa shape index (κ1) is 13.6. The van der Waals surface area contributed by atoms with Crippen LogP contribution in [0.15, 0.2) is 28.7 Å². The molecule has 0 radical (unpaired) electrons. The molecule has 1 aromatic carbocycles. The molecule has 1 aliphatic heterocycles. The topological polar surface area (TPSA) is 32.3 Å². The average Bonchev–Trinajstić information content (AvgIpc) is 2.89. The van der Waals surface area contributed by atoms with Gasteiger partial charge in [0.1, 0.15) is 0 Å². The van der Waals surface area contributed by atoms with Crippen LogP contribution in [0.1, 0.15) is 29.6 Å². The van der Waals surface area contributed by atoms with Gasteiger partial charge in [0.25, 0.3) is 5.91 Å². The Kier molecular flexibility index (Phi) is 4.78. The Bertz CT molecular complexity index is 416. The average molecular weight is 311 g/mol. The second kappa shape index (κ2) is 6.34. The monoisotopic (exact) mass is 310 g/mol. The second-order valence-corrected chi connectivity index (χ2v) is 5.64. The van der Waals surface area contributed by atoms with Crippen LogP contribution in [0, 0.1) is 0 Å². The Hall–Kier alpha value is -0.870. The third-order valence-electron chi connectivity index (χ3n) is 3.43. The van der Waals surface area contributed by atoms with E-state index in [4.69, 9.17) is 0 Å². The first-order valence-corrected chi connectivity index (χ1v) is 7.21. The van der Waals surface area contributed by atoms with Crippen molar-refractivity contribution in [2.75, 3.05) is 20.1 Å². The van der Waals surface area contributed by atoms with Crippen molar-refractivity contribution in [1.82, 2.24) is 10.2 Å². The van der Waals surface area contributed by atoms with Gasteiger partial charge in [-0.1, -0.05) is 12.1 Å². The Morgan fingerprint density at radius 3 is 2.94 bits per heavy atom. The van der Waals surface area contributed by atoms with E-state index in [1.54, 1.807) is 4.90 Å². The van der Waals surface area contributed by atoms with E-state index >= 15 is 0 Å². The second-order valence-electron chi connectivity index (χ2n) is 4.79. The van der Waals surface area contributed by atoms with E-state index in [0.717, 1.165) is 29.5 Å². The van der Waals surface area contributed by atoms with E-state index in [2.05, 4.69) is 21.2 Å². The number of rotatable bonds is 4. The van der Waals surface area contributed by atoms with Crippen LogP contribution in [0.2, 0.25) is 0 Å². The number of hydrogen-bond acceptors (Lipinski definition) is 2. The van der Waals surface area contributed by atoms with Gasteiger partial charge in [-0.25, -0.2) is 0 Å². The van der Waals surface area contributed by atoms with Crippen molar-refractivity contribution in [3.8, 4) is 0 Å². The fourth-order valence-electron chi connectivity index (χ4n) is 2.29. The molecule has 1 saturated heterocycles. The SMILES string of the molecule is CN(CCC1CCCN1)C(=O)c1ccccc1Br. The highest BCUT2D eigenvalue weighted by Crippen LogP contribution is 2.18. The standard InChI is InChI=1S/C14H19BrN2O/c1-17(10-8-11-5-4-9-16-11)14(18)12-6-2-3-7-13(12)15/h2-3,6-7,11,16H,4-5,8-10H2,1H3. The molecule has 3 nitrogen and oxygen atoms in total. The summed E-state index contributed by atoms with van der Waals surface area (Å²) in [6, 6.07) is 8.16. The number of carbonyl (C=O) groups is 1. The van der Waals surface area contributed by atoms with E-state index in [0.29, 0.717) is 6.04 Å². The van der Waals surface area contributed by atoms with Crippen molar-refractivity contribution < 1.29 is 4.79 Å². The molecule has 2 rings (SSSR count). The lowest BCUT2D eigenvalue weighted by molar-refractivity contribution is 0.0789. The quantitative estimate of drug-likeness (QED) is 0.927. The van der Waals surface area contributed by atoms with Gasteiger partial charge in [-0.3, -0.25) is 4.79 Å². The van der Waals surface area contributed by atoms with Crippen molar-refractivity contribution in [1.29, 1.82) is 0 Å². The molecule has 1 aromatic rings. The van der Waals surface area contributed by atoms with Crippen LogP contribution < -0.4 is 5.32 Å². The molecule has 1 atom stereocenters. The molecular weight excluding hydrogens is 292 g/mol.